The fraction of sp³-hybridized carbons (Fsp3) is 0. The number of nitrogens with two attached hydrogens (primary N) is 3. The fourth-order valence-corrected chi connectivity index (χ4v) is 1.80. The van der Waals surface area contributed by atoms with Gasteiger partial charge in [0, 0.05) is 17.5 Å². The van der Waals surface area contributed by atoms with Gasteiger partial charge in [-0.15, -0.1) is 0 Å². The van der Waals surface area contributed by atoms with E-state index in [0.29, 0.717) is 22.1 Å². The number of nitrogens with one attached hydrogen (secondary N) is 1. The average molecular weight is 303 g/mol. The van der Waals surface area contributed by atoms with Crippen LogP contribution in [0.4, 0.5) is 11.4 Å². The highest BCUT2D eigenvalue weighted by Crippen LogP contribution is 2.16. The number of halogens is 1. The van der Waals surface area contributed by atoms with Crippen molar-refractivity contribution in [1.29, 1.82) is 5.41 Å². The Morgan fingerprint density at radius 2 is 1.95 bits per heavy atom. The topological polar surface area (TPSA) is 118 Å². The van der Waals surface area contributed by atoms with Crippen LogP contribution in [0.3, 0.4) is 0 Å². The number of rotatable bonds is 4. The predicted molar refractivity (Wildman–Crippen MR) is 85.9 cm³/mol. The Bertz CT molecular complexity index is 680. The van der Waals surface area contributed by atoms with Crippen LogP contribution in [-0.2, 0) is 0 Å². The summed E-state index contributed by atoms with van der Waals surface area (Å²) in [5.74, 6) is 5.87. The molecular formula is C14H15ClN6. The van der Waals surface area contributed by atoms with Crippen LogP contribution in [0.1, 0.15) is 5.56 Å². The molecule has 0 aliphatic rings. The standard InChI is InChI=1S/C14H15ClN6/c15-13-6-5-9(7-20-13)21(19)8-12(17)14(18)10-3-1-2-4-11(10)16/h1-8,18H,16-17,19H2/b12-8-,18-14?. The molecule has 2 rings (SSSR count). The number of nitrogens with zero attached hydrogens (tertiary/aromatic N) is 2. The molecule has 7 heteroatoms. The highest BCUT2D eigenvalue weighted by molar-refractivity contribution is 6.29. The lowest BCUT2D eigenvalue weighted by Gasteiger charge is -2.15. The molecule has 2 aromatic rings. The molecule has 0 amide bonds. The molecule has 21 heavy (non-hydrogen) atoms. The third kappa shape index (κ3) is 3.50. The van der Waals surface area contributed by atoms with E-state index in [4.69, 9.17) is 34.3 Å². The lowest BCUT2D eigenvalue weighted by molar-refractivity contribution is 1.05. The van der Waals surface area contributed by atoms with Gasteiger partial charge in [0.1, 0.15) is 5.15 Å². The van der Waals surface area contributed by atoms with E-state index < -0.39 is 0 Å². The lowest BCUT2D eigenvalue weighted by Crippen LogP contribution is -2.28. The zero-order valence-electron chi connectivity index (χ0n) is 11.1. The summed E-state index contributed by atoms with van der Waals surface area (Å²) in [4.78, 5) is 3.92. The largest absolute Gasteiger partial charge is 0.398 e. The number of hydrogen-bond acceptors (Lipinski definition) is 6. The Hall–Kier alpha value is -2.57. The van der Waals surface area contributed by atoms with Crippen molar-refractivity contribution in [3.8, 4) is 0 Å². The smallest absolute Gasteiger partial charge is 0.129 e. The minimum absolute atomic E-state index is 0.102. The predicted octanol–water partition coefficient (Wildman–Crippen LogP) is 1.87. The van der Waals surface area contributed by atoms with Crippen molar-refractivity contribution in [2.24, 2.45) is 11.6 Å². The molecule has 0 radical (unpaired) electrons. The molecule has 0 bridgehead atoms. The van der Waals surface area contributed by atoms with Gasteiger partial charge in [0.25, 0.3) is 0 Å². The number of hydrazine groups is 1. The monoisotopic (exact) mass is 302 g/mol. The van der Waals surface area contributed by atoms with Crippen LogP contribution in [-0.4, -0.2) is 10.7 Å². The van der Waals surface area contributed by atoms with Gasteiger partial charge in [0.15, 0.2) is 0 Å². The summed E-state index contributed by atoms with van der Waals surface area (Å²) in [6, 6.07) is 10.3. The van der Waals surface area contributed by atoms with E-state index in [0.717, 1.165) is 0 Å². The maximum absolute atomic E-state index is 8.07. The zero-order valence-corrected chi connectivity index (χ0v) is 11.9. The van der Waals surface area contributed by atoms with Crippen LogP contribution in [0.2, 0.25) is 5.15 Å². The van der Waals surface area contributed by atoms with Gasteiger partial charge >= 0.3 is 0 Å². The van der Waals surface area contributed by atoms with E-state index in [-0.39, 0.29) is 11.4 Å². The third-order valence-corrected chi connectivity index (χ3v) is 3.03. The number of benzene rings is 1. The molecule has 0 saturated carbocycles. The van der Waals surface area contributed by atoms with Gasteiger partial charge < -0.3 is 11.5 Å². The minimum Gasteiger partial charge on any atom is -0.398 e. The third-order valence-electron chi connectivity index (χ3n) is 2.81. The first-order valence-corrected chi connectivity index (χ1v) is 6.43. The maximum atomic E-state index is 8.07. The first kappa shape index (κ1) is 14.8. The number of para-hydroxylation sites is 1. The quantitative estimate of drug-likeness (QED) is 0.226. The molecule has 7 N–H and O–H groups in total. The molecule has 0 saturated heterocycles. The Morgan fingerprint density at radius 1 is 1.24 bits per heavy atom. The molecule has 0 atom stereocenters. The minimum atomic E-state index is 0.102. The SMILES string of the molecule is N=C(/C(N)=C/N(N)c1ccc(Cl)nc1)c1ccccc1N. The van der Waals surface area contributed by atoms with Gasteiger partial charge in [0.2, 0.25) is 0 Å². The summed E-state index contributed by atoms with van der Waals surface area (Å²) < 4.78 is 0. The summed E-state index contributed by atoms with van der Waals surface area (Å²) >= 11 is 5.71. The van der Waals surface area contributed by atoms with Gasteiger partial charge in [-0.05, 0) is 18.2 Å². The summed E-state index contributed by atoms with van der Waals surface area (Å²) in [6.07, 6.45) is 2.94. The van der Waals surface area contributed by atoms with Gasteiger partial charge in [-0.3, -0.25) is 10.4 Å². The Morgan fingerprint density at radius 3 is 2.57 bits per heavy atom. The number of nitrogen functional groups attached to an aromatic ring is 1. The second kappa shape index (κ2) is 6.25. The molecule has 0 spiro atoms. The van der Waals surface area contributed by atoms with Crippen molar-refractivity contribution < 1.29 is 0 Å². The first-order valence-electron chi connectivity index (χ1n) is 6.05. The normalized spacial score (nSPS) is 11.2. The highest BCUT2D eigenvalue weighted by Gasteiger charge is 2.09. The fourth-order valence-electron chi connectivity index (χ4n) is 1.69. The molecule has 1 aromatic heterocycles. The Balaban J connectivity index is 2.22. The second-order valence-electron chi connectivity index (χ2n) is 4.29. The molecule has 6 nitrogen and oxygen atoms in total. The molecule has 1 heterocycles. The van der Waals surface area contributed by atoms with Crippen LogP contribution in [0.5, 0.6) is 0 Å². The molecule has 108 valence electrons. The van der Waals surface area contributed by atoms with Gasteiger partial charge in [-0.1, -0.05) is 29.8 Å². The summed E-state index contributed by atoms with van der Waals surface area (Å²) in [5, 5.41) is 9.71. The average Bonchev–Trinajstić information content (AvgIpc) is 2.47. The second-order valence-corrected chi connectivity index (χ2v) is 4.68. The number of pyridine rings is 1. The molecule has 0 unspecified atom stereocenters. The van der Waals surface area contributed by atoms with Crippen LogP contribution in [0.15, 0.2) is 54.5 Å². The van der Waals surface area contributed by atoms with E-state index in [9.17, 15) is 0 Å². The van der Waals surface area contributed by atoms with Crippen LogP contribution >= 0.6 is 11.6 Å². The summed E-state index contributed by atoms with van der Waals surface area (Å²) in [7, 11) is 0. The summed E-state index contributed by atoms with van der Waals surface area (Å²) in [6.45, 7) is 0. The van der Waals surface area contributed by atoms with E-state index in [1.165, 1.54) is 17.4 Å². The van der Waals surface area contributed by atoms with Gasteiger partial charge in [-0.25, -0.2) is 10.8 Å². The number of aromatic nitrogens is 1. The molecule has 1 aromatic carbocycles. The highest BCUT2D eigenvalue weighted by atomic mass is 35.5. The maximum Gasteiger partial charge on any atom is 0.129 e. The molecule has 0 aliphatic carbocycles. The molecule has 0 aliphatic heterocycles. The van der Waals surface area contributed by atoms with Crippen molar-refractivity contribution in [2.75, 3.05) is 10.7 Å². The van der Waals surface area contributed by atoms with E-state index in [1.807, 2.05) is 0 Å². The van der Waals surface area contributed by atoms with Crippen LogP contribution < -0.4 is 22.3 Å². The van der Waals surface area contributed by atoms with E-state index in [1.54, 1.807) is 36.4 Å². The Labute approximate surface area is 127 Å². The van der Waals surface area contributed by atoms with Gasteiger partial charge in [0.05, 0.1) is 23.3 Å². The number of allylic oxidation sites excluding steroid dienone is 1. The van der Waals surface area contributed by atoms with Crippen molar-refractivity contribution in [3.05, 3.63) is 65.2 Å². The van der Waals surface area contributed by atoms with Crippen molar-refractivity contribution in [2.45, 2.75) is 0 Å². The molecular weight excluding hydrogens is 288 g/mol. The zero-order chi connectivity index (χ0) is 15.4. The lowest BCUT2D eigenvalue weighted by atomic mass is 10.1. The number of hydrogen-bond donors (Lipinski definition) is 4. The number of anilines is 2. The van der Waals surface area contributed by atoms with Gasteiger partial charge in [-0.2, -0.15) is 0 Å². The molecule has 0 fully saturated rings. The summed E-state index contributed by atoms with van der Waals surface area (Å²) in [5.41, 5.74) is 13.6. The van der Waals surface area contributed by atoms with Crippen molar-refractivity contribution in [3.63, 3.8) is 0 Å². The van der Waals surface area contributed by atoms with Crippen molar-refractivity contribution >= 4 is 28.7 Å². The van der Waals surface area contributed by atoms with Crippen molar-refractivity contribution in [1.82, 2.24) is 4.98 Å². The van der Waals surface area contributed by atoms with Crippen LogP contribution in [0, 0.1) is 5.41 Å². The van der Waals surface area contributed by atoms with Crippen LogP contribution in [0.25, 0.3) is 0 Å². The Kier molecular flexibility index (Phi) is 4.42. The first-order chi connectivity index (χ1) is 9.99. The van der Waals surface area contributed by atoms with E-state index in [2.05, 4.69) is 4.98 Å². The van der Waals surface area contributed by atoms with E-state index >= 15 is 0 Å².